The minimum Gasteiger partial charge on any atom is -0.444 e. The van der Waals surface area contributed by atoms with E-state index in [1.165, 1.54) is 43.9 Å². The highest BCUT2D eigenvalue weighted by molar-refractivity contribution is 7.93. The number of anilines is 4. The van der Waals surface area contributed by atoms with E-state index in [0.717, 1.165) is 24.6 Å². The lowest BCUT2D eigenvalue weighted by atomic mass is 10.2. The summed E-state index contributed by atoms with van der Waals surface area (Å²) in [6.07, 6.45) is 0.231. The van der Waals surface area contributed by atoms with Crippen molar-refractivity contribution in [1.29, 1.82) is 0 Å². The van der Waals surface area contributed by atoms with Gasteiger partial charge in [0.1, 0.15) is 34.0 Å². The van der Waals surface area contributed by atoms with Gasteiger partial charge in [0.05, 0.1) is 28.3 Å². The summed E-state index contributed by atoms with van der Waals surface area (Å²) in [5.41, 5.74) is -1.21. The van der Waals surface area contributed by atoms with Gasteiger partial charge in [-0.25, -0.2) is 31.8 Å². The van der Waals surface area contributed by atoms with Crippen LogP contribution in [0.25, 0.3) is 0 Å². The topological polar surface area (TPSA) is 135 Å². The summed E-state index contributed by atoms with van der Waals surface area (Å²) in [6, 6.07) is 4.76. The molecule has 3 rings (SSSR count). The minimum atomic E-state index is -4.98. The first-order valence-electron chi connectivity index (χ1n) is 13.6. The fourth-order valence-corrected chi connectivity index (χ4v) is 5.32. The Morgan fingerprint density at radius 1 is 0.956 bits per heavy atom. The van der Waals surface area contributed by atoms with Gasteiger partial charge in [-0.05, 0) is 65.8 Å². The SMILES string of the molecule is CN(CCN(C)c1cc(F)ccc1Nc1cc(F)c(S(=O)(=O)N(C(=O)OC(C)(C)C)c2ncco2)cc1Cl)C(=O)OC(C)(C)C. The highest BCUT2D eigenvalue weighted by atomic mass is 35.5. The van der Waals surface area contributed by atoms with E-state index in [1.807, 2.05) is 0 Å². The van der Waals surface area contributed by atoms with E-state index >= 15 is 4.39 Å². The van der Waals surface area contributed by atoms with Crippen molar-refractivity contribution >= 4 is 56.9 Å². The average molecular weight is 672 g/mol. The molecule has 16 heteroatoms. The molecule has 12 nitrogen and oxygen atoms in total. The van der Waals surface area contributed by atoms with Crippen LogP contribution in [0.2, 0.25) is 5.02 Å². The Labute approximate surface area is 265 Å². The Morgan fingerprint density at radius 2 is 1.58 bits per heavy atom. The van der Waals surface area contributed by atoms with Gasteiger partial charge in [-0.2, -0.15) is 0 Å². The summed E-state index contributed by atoms with van der Waals surface area (Å²) in [5.74, 6) is -1.83. The number of hydrogen-bond acceptors (Lipinski definition) is 10. The van der Waals surface area contributed by atoms with Crippen LogP contribution in [-0.4, -0.2) is 68.9 Å². The molecule has 1 N–H and O–H groups in total. The van der Waals surface area contributed by atoms with Crippen LogP contribution in [0.1, 0.15) is 41.5 Å². The summed E-state index contributed by atoms with van der Waals surface area (Å²) >= 11 is 6.41. The third kappa shape index (κ3) is 9.20. The second-order valence-corrected chi connectivity index (χ2v) is 14.1. The van der Waals surface area contributed by atoms with Crippen LogP contribution in [0.3, 0.4) is 0 Å². The van der Waals surface area contributed by atoms with Gasteiger partial charge in [-0.3, -0.25) is 0 Å². The number of benzene rings is 2. The Kier molecular flexibility index (Phi) is 10.6. The molecule has 246 valence electrons. The van der Waals surface area contributed by atoms with Crippen molar-refractivity contribution in [2.75, 3.05) is 41.7 Å². The quantitative estimate of drug-likeness (QED) is 0.259. The number of likely N-dealkylation sites (N-methyl/N-ethyl adjacent to an activating group) is 2. The molecule has 0 atom stereocenters. The Morgan fingerprint density at radius 3 is 2.16 bits per heavy atom. The lowest BCUT2D eigenvalue weighted by Gasteiger charge is -2.28. The number of nitrogens with zero attached hydrogens (tertiary/aromatic N) is 4. The molecule has 0 spiro atoms. The maximum Gasteiger partial charge on any atom is 0.433 e. The largest absolute Gasteiger partial charge is 0.444 e. The molecule has 0 aliphatic carbocycles. The summed E-state index contributed by atoms with van der Waals surface area (Å²) < 4.78 is 72.6. The van der Waals surface area contributed by atoms with Gasteiger partial charge >= 0.3 is 18.2 Å². The molecule has 45 heavy (non-hydrogen) atoms. The molecule has 0 saturated heterocycles. The Bertz CT molecular complexity index is 1640. The zero-order valence-corrected chi connectivity index (χ0v) is 27.7. The van der Waals surface area contributed by atoms with Gasteiger partial charge < -0.3 is 29.0 Å². The number of carbonyl (C=O) groups excluding carboxylic acids is 2. The maximum atomic E-state index is 15.5. The van der Waals surface area contributed by atoms with E-state index in [2.05, 4.69) is 10.3 Å². The normalized spacial score (nSPS) is 12.0. The third-order valence-electron chi connectivity index (χ3n) is 5.81. The molecule has 0 radical (unpaired) electrons. The zero-order chi connectivity index (χ0) is 33.9. The number of ether oxygens (including phenoxy) is 2. The van der Waals surface area contributed by atoms with Crippen molar-refractivity contribution in [1.82, 2.24) is 9.88 Å². The maximum absolute atomic E-state index is 15.5. The van der Waals surface area contributed by atoms with Gasteiger partial charge in [0.25, 0.3) is 10.0 Å². The molecule has 0 fully saturated rings. The standard InChI is InChI=1S/C29H36ClF2N5O7S/c1-28(2,3)43-26(38)36(8)13-12-35(7)23-15-18(31)9-10-21(23)34-22-17-20(32)24(16-19(22)30)45(40,41)37(25-33-11-14-42-25)27(39)44-29(4,5)6/h9-11,14-17,34H,12-13H2,1-8H3. The first-order valence-corrected chi connectivity index (χ1v) is 15.4. The van der Waals surface area contributed by atoms with Crippen LogP contribution in [0.15, 0.2) is 52.1 Å². The lowest BCUT2D eigenvalue weighted by molar-refractivity contribution is 0.0303. The second-order valence-electron chi connectivity index (χ2n) is 11.9. The summed E-state index contributed by atoms with van der Waals surface area (Å²) in [7, 11) is -1.76. The van der Waals surface area contributed by atoms with Crippen LogP contribution in [0, 0.1) is 11.6 Å². The molecule has 3 aromatic rings. The van der Waals surface area contributed by atoms with Crippen molar-refractivity contribution in [3.63, 3.8) is 0 Å². The molecule has 1 aromatic heterocycles. The first kappa shape index (κ1) is 35.4. The van der Waals surface area contributed by atoms with Gasteiger partial charge in [-0.1, -0.05) is 11.6 Å². The van der Waals surface area contributed by atoms with Gasteiger partial charge in [-0.15, -0.1) is 4.31 Å². The van der Waals surface area contributed by atoms with Crippen molar-refractivity contribution in [3.05, 3.63) is 59.4 Å². The molecule has 0 saturated carbocycles. The highest BCUT2D eigenvalue weighted by Crippen LogP contribution is 2.36. The molecule has 0 bridgehead atoms. The predicted molar refractivity (Wildman–Crippen MR) is 166 cm³/mol. The fraction of sp³-hybridized carbons (Fsp3) is 0.414. The molecular weight excluding hydrogens is 636 g/mol. The van der Waals surface area contributed by atoms with Gasteiger partial charge in [0, 0.05) is 33.3 Å². The summed E-state index contributed by atoms with van der Waals surface area (Å²) in [4.78, 5) is 31.0. The van der Waals surface area contributed by atoms with Crippen LogP contribution in [0.4, 0.5) is 41.4 Å². The first-order chi connectivity index (χ1) is 20.7. The molecule has 2 amide bonds. The van der Waals surface area contributed by atoms with Gasteiger partial charge in [0.15, 0.2) is 0 Å². The molecule has 0 aliphatic heterocycles. The van der Waals surface area contributed by atoms with Crippen molar-refractivity contribution in [3.8, 4) is 0 Å². The number of amides is 2. The number of oxazole rings is 1. The van der Waals surface area contributed by atoms with Gasteiger partial charge in [0.2, 0.25) is 0 Å². The van der Waals surface area contributed by atoms with E-state index in [-0.39, 0.29) is 28.1 Å². The lowest BCUT2D eigenvalue weighted by Crippen LogP contribution is -2.41. The number of aromatic nitrogens is 1. The number of rotatable bonds is 9. The monoisotopic (exact) mass is 671 g/mol. The molecule has 0 unspecified atom stereocenters. The van der Waals surface area contributed by atoms with Crippen molar-refractivity contribution in [2.45, 2.75) is 57.6 Å². The molecule has 0 aliphatic rings. The molecule has 1 heterocycles. The number of nitrogens with one attached hydrogen (secondary N) is 1. The van der Waals surface area contributed by atoms with Crippen molar-refractivity contribution < 1.29 is 40.7 Å². The van der Waals surface area contributed by atoms with E-state index in [0.29, 0.717) is 11.4 Å². The summed E-state index contributed by atoms with van der Waals surface area (Å²) in [5, 5.41) is 2.66. The molecular formula is C29H36ClF2N5O7S. The fourth-order valence-electron chi connectivity index (χ4n) is 3.74. The highest BCUT2D eigenvalue weighted by Gasteiger charge is 2.39. The third-order valence-corrected chi connectivity index (χ3v) is 7.78. The second kappa shape index (κ2) is 13.5. The van der Waals surface area contributed by atoms with Crippen LogP contribution < -0.4 is 14.5 Å². The van der Waals surface area contributed by atoms with E-state index in [4.69, 9.17) is 25.5 Å². The predicted octanol–water partition coefficient (Wildman–Crippen LogP) is 6.78. The smallest absolute Gasteiger partial charge is 0.433 e. The van der Waals surface area contributed by atoms with E-state index in [1.54, 1.807) is 39.8 Å². The zero-order valence-electron chi connectivity index (χ0n) is 26.1. The van der Waals surface area contributed by atoms with Crippen molar-refractivity contribution in [2.24, 2.45) is 0 Å². The van der Waals surface area contributed by atoms with E-state index in [9.17, 15) is 22.4 Å². The minimum absolute atomic E-state index is 0.0554. The average Bonchev–Trinajstić information content (AvgIpc) is 3.41. The number of sulfonamides is 1. The number of carbonyl (C=O) groups is 2. The van der Waals surface area contributed by atoms with Crippen LogP contribution >= 0.6 is 11.6 Å². The Hall–Kier alpha value is -4.11. The van der Waals surface area contributed by atoms with E-state index < -0.39 is 56.0 Å². The van der Waals surface area contributed by atoms with Crippen LogP contribution in [-0.2, 0) is 19.5 Å². The molecule has 2 aromatic carbocycles. The summed E-state index contributed by atoms with van der Waals surface area (Å²) in [6.45, 7) is 10.3. The Balaban J connectivity index is 1.91. The number of halogens is 3. The van der Waals surface area contributed by atoms with Crippen LogP contribution in [0.5, 0.6) is 0 Å². The number of hydrogen-bond donors (Lipinski definition) is 1.